The van der Waals surface area contributed by atoms with E-state index in [0.717, 1.165) is 17.0 Å². The van der Waals surface area contributed by atoms with Gasteiger partial charge >= 0.3 is 12.0 Å². The lowest BCUT2D eigenvalue weighted by Gasteiger charge is -2.08. The molecule has 0 unspecified atom stereocenters. The predicted molar refractivity (Wildman–Crippen MR) is 79.2 cm³/mol. The number of nitrogen functional groups attached to an aromatic ring is 1. The van der Waals surface area contributed by atoms with Gasteiger partial charge in [-0.3, -0.25) is 0 Å². The number of hydrogen-bond acceptors (Lipinski definition) is 6. The van der Waals surface area contributed by atoms with Crippen LogP contribution in [0.15, 0.2) is 59.0 Å². The molecule has 1 aromatic heterocycles. The summed E-state index contributed by atoms with van der Waals surface area (Å²) in [5, 5.41) is 10.3. The van der Waals surface area contributed by atoms with E-state index in [0.29, 0.717) is 6.61 Å². The van der Waals surface area contributed by atoms with Crippen LogP contribution >= 0.6 is 0 Å². The largest absolute Gasteiger partial charge is 0.489 e. The van der Waals surface area contributed by atoms with E-state index in [9.17, 15) is 0 Å². The second-order valence-electron chi connectivity index (χ2n) is 4.37. The van der Waals surface area contributed by atoms with Gasteiger partial charge in [-0.05, 0) is 17.7 Å². The van der Waals surface area contributed by atoms with Crippen molar-refractivity contribution in [2.75, 3.05) is 11.1 Å². The maximum atomic E-state index is 5.74. The first kappa shape index (κ1) is 13.0. The Kier molecular flexibility index (Phi) is 3.68. The molecule has 3 N–H and O–H groups in total. The third kappa shape index (κ3) is 3.50. The standard InChI is InChI=1S/C15H14N4O2/c16-14-18-19-15(21-14)17-12-7-4-8-13(9-12)20-10-11-5-2-1-3-6-11/h1-9H,10H2,(H2,16,18)(H,17,19). The van der Waals surface area contributed by atoms with Gasteiger partial charge in [-0.25, -0.2) is 0 Å². The second kappa shape index (κ2) is 5.96. The maximum absolute atomic E-state index is 5.74. The minimum Gasteiger partial charge on any atom is -0.489 e. The summed E-state index contributed by atoms with van der Waals surface area (Å²) in [5.41, 5.74) is 7.26. The first-order chi connectivity index (χ1) is 10.3. The number of nitrogens with zero attached hydrogens (tertiary/aromatic N) is 2. The van der Waals surface area contributed by atoms with E-state index in [-0.39, 0.29) is 12.0 Å². The molecule has 6 nitrogen and oxygen atoms in total. The molecule has 0 saturated heterocycles. The van der Waals surface area contributed by atoms with Gasteiger partial charge in [0.05, 0.1) is 0 Å². The zero-order valence-electron chi connectivity index (χ0n) is 11.2. The van der Waals surface area contributed by atoms with Crippen molar-refractivity contribution in [1.29, 1.82) is 0 Å². The first-order valence-corrected chi connectivity index (χ1v) is 6.42. The average Bonchev–Trinajstić information content (AvgIpc) is 2.92. The highest BCUT2D eigenvalue weighted by atomic mass is 16.5. The highest BCUT2D eigenvalue weighted by Crippen LogP contribution is 2.21. The van der Waals surface area contributed by atoms with Crippen molar-refractivity contribution >= 4 is 17.7 Å². The highest BCUT2D eigenvalue weighted by molar-refractivity contribution is 5.54. The molecule has 0 radical (unpaired) electrons. The Bertz CT molecular complexity index is 712. The molecule has 0 amide bonds. The van der Waals surface area contributed by atoms with Gasteiger partial charge in [-0.2, -0.15) is 0 Å². The Morgan fingerprint density at radius 2 is 1.90 bits per heavy atom. The summed E-state index contributed by atoms with van der Waals surface area (Å²) in [5.74, 6) is 0.747. The van der Waals surface area contributed by atoms with E-state index in [2.05, 4.69) is 15.5 Å². The van der Waals surface area contributed by atoms with E-state index >= 15 is 0 Å². The van der Waals surface area contributed by atoms with Gasteiger partial charge in [-0.1, -0.05) is 46.6 Å². The summed E-state index contributed by atoms with van der Waals surface area (Å²) in [4.78, 5) is 0. The minimum absolute atomic E-state index is 0.0222. The maximum Gasteiger partial charge on any atom is 0.321 e. The molecule has 0 saturated carbocycles. The number of nitrogens with one attached hydrogen (secondary N) is 1. The Morgan fingerprint density at radius 3 is 2.67 bits per heavy atom. The Hall–Kier alpha value is -3.02. The van der Waals surface area contributed by atoms with Crippen LogP contribution in [-0.2, 0) is 6.61 Å². The lowest BCUT2D eigenvalue weighted by Crippen LogP contribution is -1.96. The van der Waals surface area contributed by atoms with Crippen LogP contribution in [0.3, 0.4) is 0 Å². The summed E-state index contributed by atoms with van der Waals surface area (Å²) in [6, 6.07) is 17.7. The van der Waals surface area contributed by atoms with Crippen molar-refractivity contribution in [3.8, 4) is 5.75 Å². The normalized spacial score (nSPS) is 10.3. The van der Waals surface area contributed by atoms with Gasteiger partial charge in [0, 0.05) is 11.8 Å². The van der Waals surface area contributed by atoms with Gasteiger partial charge in [0.25, 0.3) is 0 Å². The molecule has 0 bridgehead atoms. The number of benzene rings is 2. The number of rotatable bonds is 5. The van der Waals surface area contributed by atoms with Crippen molar-refractivity contribution in [1.82, 2.24) is 10.2 Å². The van der Waals surface area contributed by atoms with Crippen LogP contribution in [0.1, 0.15) is 5.56 Å². The van der Waals surface area contributed by atoms with Crippen molar-refractivity contribution in [2.24, 2.45) is 0 Å². The van der Waals surface area contributed by atoms with E-state index in [1.165, 1.54) is 0 Å². The molecule has 3 aromatic rings. The summed E-state index contributed by atoms with van der Waals surface area (Å²) in [6.07, 6.45) is 0. The molecule has 0 aliphatic carbocycles. The number of hydrogen-bond donors (Lipinski definition) is 2. The number of nitrogens with two attached hydrogens (primary N) is 1. The summed E-state index contributed by atoms with van der Waals surface area (Å²) in [7, 11) is 0. The Balaban J connectivity index is 1.65. The van der Waals surface area contributed by atoms with Gasteiger partial charge < -0.3 is 20.2 Å². The van der Waals surface area contributed by atoms with Gasteiger partial charge in [0.2, 0.25) is 0 Å². The molecule has 0 atom stereocenters. The average molecular weight is 282 g/mol. The molecule has 1 heterocycles. The smallest absolute Gasteiger partial charge is 0.321 e. The van der Waals surface area contributed by atoms with Crippen molar-refractivity contribution in [3.63, 3.8) is 0 Å². The molecule has 0 spiro atoms. The fourth-order valence-electron chi connectivity index (χ4n) is 1.81. The number of ether oxygens (including phenoxy) is 1. The molecule has 6 heteroatoms. The lowest BCUT2D eigenvalue weighted by atomic mass is 10.2. The fourth-order valence-corrected chi connectivity index (χ4v) is 1.81. The van der Waals surface area contributed by atoms with E-state index < -0.39 is 0 Å². The van der Waals surface area contributed by atoms with Crippen LogP contribution in [0.5, 0.6) is 5.75 Å². The zero-order chi connectivity index (χ0) is 14.5. The number of anilines is 3. The summed E-state index contributed by atoms with van der Waals surface area (Å²) < 4.78 is 10.8. The predicted octanol–water partition coefficient (Wildman–Crippen LogP) is 2.97. The lowest BCUT2D eigenvalue weighted by molar-refractivity contribution is 0.306. The molecule has 3 rings (SSSR count). The summed E-state index contributed by atoms with van der Waals surface area (Å²) >= 11 is 0. The van der Waals surface area contributed by atoms with Gasteiger partial charge in [0.1, 0.15) is 12.4 Å². The van der Waals surface area contributed by atoms with Crippen LogP contribution in [0, 0.1) is 0 Å². The van der Waals surface area contributed by atoms with Crippen LogP contribution < -0.4 is 15.8 Å². The van der Waals surface area contributed by atoms with E-state index in [1.807, 2.05) is 54.6 Å². The van der Waals surface area contributed by atoms with Crippen molar-refractivity contribution < 1.29 is 9.15 Å². The van der Waals surface area contributed by atoms with Crippen LogP contribution in [0.25, 0.3) is 0 Å². The van der Waals surface area contributed by atoms with E-state index in [1.54, 1.807) is 0 Å². The molecule has 0 fully saturated rings. The topological polar surface area (TPSA) is 86.2 Å². The minimum atomic E-state index is 0.0222. The zero-order valence-corrected chi connectivity index (χ0v) is 11.2. The molecule has 2 aromatic carbocycles. The number of aromatic nitrogens is 2. The molecule has 21 heavy (non-hydrogen) atoms. The molecule has 106 valence electrons. The third-order valence-electron chi connectivity index (χ3n) is 2.77. The molecular weight excluding hydrogens is 268 g/mol. The van der Waals surface area contributed by atoms with Crippen LogP contribution in [0.2, 0.25) is 0 Å². The first-order valence-electron chi connectivity index (χ1n) is 6.42. The second-order valence-corrected chi connectivity index (χ2v) is 4.37. The Morgan fingerprint density at radius 1 is 1.05 bits per heavy atom. The third-order valence-corrected chi connectivity index (χ3v) is 2.77. The van der Waals surface area contributed by atoms with Gasteiger partial charge in [0.15, 0.2) is 0 Å². The van der Waals surface area contributed by atoms with E-state index in [4.69, 9.17) is 14.9 Å². The molecule has 0 aliphatic rings. The van der Waals surface area contributed by atoms with Crippen molar-refractivity contribution in [2.45, 2.75) is 6.61 Å². The SMILES string of the molecule is Nc1nnc(Nc2cccc(OCc3ccccc3)c2)o1. The highest BCUT2D eigenvalue weighted by Gasteiger charge is 2.04. The Labute approximate surface area is 121 Å². The molecular formula is C15H14N4O2. The summed E-state index contributed by atoms with van der Waals surface area (Å²) in [6.45, 7) is 0.512. The fraction of sp³-hybridized carbons (Fsp3) is 0.0667. The molecule has 0 aliphatic heterocycles. The monoisotopic (exact) mass is 282 g/mol. The van der Waals surface area contributed by atoms with Crippen molar-refractivity contribution in [3.05, 3.63) is 60.2 Å². The van der Waals surface area contributed by atoms with Crippen LogP contribution in [0.4, 0.5) is 17.7 Å². The van der Waals surface area contributed by atoms with Crippen LogP contribution in [-0.4, -0.2) is 10.2 Å². The quantitative estimate of drug-likeness (QED) is 0.748. The van der Waals surface area contributed by atoms with Gasteiger partial charge in [-0.15, -0.1) is 0 Å².